The van der Waals surface area contributed by atoms with Crippen molar-refractivity contribution in [3.63, 3.8) is 0 Å². The minimum atomic E-state index is -0.480. The van der Waals surface area contributed by atoms with Crippen LogP contribution in [0.3, 0.4) is 0 Å². The van der Waals surface area contributed by atoms with Crippen molar-refractivity contribution in [2.24, 2.45) is 0 Å². The standard InChI is InChI=1S/C15H13Cl2NO3/c1-9-5-12(17)6-10(2)15(9)21-14-4-3-11(8-16)7-13(14)18(19)20/h3-7H,8H2,1-2H3. The Morgan fingerprint density at radius 3 is 2.33 bits per heavy atom. The van der Waals surface area contributed by atoms with Crippen molar-refractivity contribution in [3.05, 3.63) is 62.2 Å². The summed E-state index contributed by atoms with van der Waals surface area (Å²) < 4.78 is 5.74. The third-order valence-corrected chi connectivity index (χ3v) is 3.54. The molecule has 0 aliphatic carbocycles. The van der Waals surface area contributed by atoms with Gasteiger partial charge in [-0.05, 0) is 48.7 Å². The van der Waals surface area contributed by atoms with Crippen LogP contribution < -0.4 is 4.74 Å². The zero-order chi connectivity index (χ0) is 15.6. The molecule has 110 valence electrons. The molecular formula is C15H13Cl2NO3. The van der Waals surface area contributed by atoms with Crippen LogP contribution in [0.4, 0.5) is 5.69 Å². The van der Waals surface area contributed by atoms with Gasteiger partial charge in [-0.2, -0.15) is 0 Å². The molecule has 2 aromatic rings. The topological polar surface area (TPSA) is 52.4 Å². The molecule has 2 aromatic carbocycles. The molecule has 0 aromatic heterocycles. The zero-order valence-corrected chi connectivity index (χ0v) is 13.0. The fourth-order valence-corrected chi connectivity index (χ4v) is 2.54. The Hall–Kier alpha value is -1.78. The van der Waals surface area contributed by atoms with Crippen LogP contribution in [-0.2, 0) is 5.88 Å². The molecule has 0 fully saturated rings. The molecule has 6 heteroatoms. The number of benzene rings is 2. The second kappa shape index (κ2) is 6.33. The Labute approximate surface area is 132 Å². The molecule has 4 nitrogen and oxygen atoms in total. The summed E-state index contributed by atoms with van der Waals surface area (Å²) in [6, 6.07) is 8.19. The number of halogens is 2. The first kappa shape index (κ1) is 15.6. The van der Waals surface area contributed by atoms with E-state index in [0.29, 0.717) is 16.3 Å². The van der Waals surface area contributed by atoms with Crippen molar-refractivity contribution >= 4 is 28.9 Å². The Morgan fingerprint density at radius 1 is 1.19 bits per heavy atom. The van der Waals surface area contributed by atoms with Gasteiger partial charge in [0.25, 0.3) is 0 Å². The number of aryl methyl sites for hydroxylation is 2. The fourth-order valence-electron chi connectivity index (χ4n) is 2.04. The maximum Gasteiger partial charge on any atom is 0.311 e. The van der Waals surface area contributed by atoms with E-state index in [1.807, 2.05) is 13.8 Å². The van der Waals surface area contributed by atoms with Gasteiger partial charge in [-0.25, -0.2) is 0 Å². The maximum absolute atomic E-state index is 11.2. The molecule has 0 N–H and O–H groups in total. The molecular weight excluding hydrogens is 313 g/mol. The lowest BCUT2D eigenvalue weighted by Gasteiger charge is -2.12. The Kier molecular flexibility index (Phi) is 4.70. The number of hydrogen-bond donors (Lipinski definition) is 0. The van der Waals surface area contributed by atoms with Gasteiger partial charge in [-0.1, -0.05) is 17.7 Å². The molecule has 0 aliphatic heterocycles. The van der Waals surface area contributed by atoms with E-state index in [1.165, 1.54) is 6.07 Å². The molecule has 2 rings (SSSR count). The van der Waals surface area contributed by atoms with Crippen LogP contribution >= 0.6 is 23.2 Å². The Bertz CT molecular complexity index is 678. The highest BCUT2D eigenvalue weighted by Gasteiger charge is 2.18. The summed E-state index contributed by atoms with van der Waals surface area (Å²) in [5.41, 5.74) is 2.19. The summed E-state index contributed by atoms with van der Waals surface area (Å²) >= 11 is 11.7. The van der Waals surface area contributed by atoms with Crippen molar-refractivity contribution in [1.29, 1.82) is 0 Å². The van der Waals surface area contributed by atoms with Gasteiger partial charge in [0, 0.05) is 17.0 Å². The third-order valence-electron chi connectivity index (χ3n) is 3.01. The molecule has 0 amide bonds. The van der Waals surface area contributed by atoms with Crippen LogP contribution in [0.15, 0.2) is 30.3 Å². The predicted octanol–water partition coefficient (Wildman–Crippen LogP) is 5.40. The quantitative estimate of drug-likeness (QED) is 0.430. The normalized spacial score (nSPS) is 10.5. The lowest BCUT2D eigenvalue weighted by atomic mass is 10.1. The minimum absolute atomic E-state index is 0.109. The average molecular weight is 326 g/mol. The fraction of sp³-hybridized carbons (Fsp3) is 0.200. The second-order valence-electron chi connectivity index (χ2n) is 4.66. The van der Waals surface area contributed by atoms with Crippen LogP contribution in [0, 0.1) is 24.0 Å². The largest absolute Gasteiger partial charge is 0.450 e. The van der Waals surface area contributed by atoms with Gasteiger partial charge < -0.3 is 4.74 Å². The van der Waals surface area contributed by atoms with Gasteiger partial charge in [-0.15, -0.1) is 11.6 Å². The molecule has 0 unspecified atom stereocenters. The molecule has 0 spiro atoms. The van der Waals surface area contributed by atoms with Crippen molar-refractivity contribution in [1.82, 2.24) is 0 Å². The molecule has 0 heterocycles. The third kappa shape index (κ3) is 3.46. The Morgan fingerprint density at radius 2 is 1.81 bits per heavy atom. The van der Waals surface area contributed by atoms with Gasteiger partial charge in [0.15, 0.2) is 0 Å². The molecule has 21 heavy (non-hydrogen) atoms. The lowest BCUT2D eigenvalue weighted by molar-refractivity contribution is -0.385. The summed E-state index contributed by atoms with van der Waals surface area (Å²) in [7, 11) is 0. The number of rotatable bonds is 4. The summed E-state index contributed by atoms with van der Waals surface area (Å²) in [4.78, 5) is 10.7. The maximum atomic E-state index is 11.2. The van der Waals surface area contributed by atoms with E-state index in [0.717, 1.165) is 11.1 Å². The van der Waals surface area contributed by atoms with Crippen LogP contribution in [0.25, 0.3) is 0 Å². The van der Waals surface area contributed by atoms with Gasteiger partial charge in [-0.3, -0.25) is 10.1 Å². The zero-order valence-electron chi connectivity index (χ0n) is 11.5. The molecule has 0 atom stereocenters. The number of nitro groups is 1. The molecule has 0 saturated carbocycles. The SMILES string of the molecule is Cc1cc(Cl)cc(C)c1Oc1ccc(CCl)cc1[N+](=O)[O-]. The van der Waals surface area contributed by atoms with Crippen LogP contribution in [0.1, 0.15) is 16.7 Å². The minimum Gasteiger partial charge on any atom is -0.450 e. The van der Waals surface area contributed by atoms with Gasteiger partial charge in [0.1, 0.15) is 5.75 Å². The van der Waals surface area contributed by atoms with E-state index in [2.05, 4.69) is 0 Å². The van der Waals surface area contributed by atoms with E-state index in [1.54, 1.807) is 24.3 Å². The summed E-state index contributed by atoms with van der Waals surface area (Å²) in [6.45, 7) is 3.68. The smallest absolute Gasteiger partial charge is 0.311 e. The lowest BCUT2D eigenvalue weighted by Crippen LogP contribution is -1.97. The van der Waals surface area contributed by atoms with E-state index >= 15 is 0 Å². The number of nitro benzene ring substituents is 1. The molecule has 0 bridgehead atoms. The number of alkyl halides is 1. The van der Waals surface area contributed by atoms with Gasteiger partial charge in [0.05, 0.1) is 4.92 Å². The second-order valence-corrected chi connectivity index (χ2v) is 5.37. The van der Waals surface area contributed by atoms with Crippen molar-refractivity contribution in [3.8, 4) is 11.5 Å². The van der Waals surface area contributed by atoms with Crippen molar-refractivity contribution < 1.29 is 9.66 Å². The Balaban J connectivity index is 2.47. The van der Waals surface area contributed by atoms with Gasteiger partial charge in [0.2, 0.25) is 5.75 Å². The van der Waals surface area contributed by atoms with Crippen LogP contribution in [0.2, 0.25) is 5.02 Å². The van der Waals surface area contributed by atoms with Crippen LogP contribution in [-0.4, -0.2) is 4.92 Å². The van der Waals surface area contributed by atoms with Gasteiger partial charge >= 0.3 is 5.69 Å². The number of hydrogen-bond acceptors (Lipinski definition) is 3. The monoisotopic (exact) mass is 325 g/mol. The van der Waals surface area contributed by atoms with Crippen molar-refractivity contribution in [2.45, 2.75) is 19.7 Å². The number of nitrogens with zero attached hydrogens (tertiary/aromatic N) is 1. The highest BCUT2D eigenvalue weighted by atomic mass is 35.5. The highest BCUT2D eigenvalue weighted by molar-refractivity contribution is 6.30. The van der Waals surface area contributed by atoms with E-state index in [9.17, 15) is 10.1 Å². The van der Waals surface area contributed by atoms with E-state index < -0.39 is 4.92 Å². The first-order valence-corrected chi connectivity index (χ1v) is 7.11. The summed E-state index contributed by atoms with van der Waals surface area (Å²) in [6.07, 6.45) is 0. The van der Waals surface area contributed by atoms with Crippen molar-refractivity contribution in [2.75, 3.05) is 0 Å². The van der Waals surface area contributed by atoms with Crippen LogP contribution in [0.5, 0.6) is 11.5 Å². The number of ether oxygens (including phenoxy) is 1. The average Bonchev–Trinajstić information content (AvgIpc) is 2.42. The van der Waals surface area contributed by atoms with E-state index in [4.69, 9.17) is 27.9 Å². The first-order valence-electron chi connectivity index (χ1n) is 6.20. The first-order chi connectivity index (χ1) is 9.92. The molecule has 0 saturated heterocycles. The molecule has 0 radical (unpaired) electrons. The predicted molar refractivity (Wildman–Crippen MR) is 83.7 cm³/mol. The molecule has 0 aliphatic rings. The van der Waals surface area contributed by atoms with E-state index in [-0.39, 0.29) is 17.3 Å². The summed E-state index contributed by atoms with van der Waals surface area (Å²) in [5, 5.41) is 11.8. The summed E-state index contributed by atoms with van der Waals surface area (Å²) in [5.74, 6) is 0.962. The highest BCUT2D eigenvalue weighted by Crippen LogP contribution is 2.36.